The number of hydrogen-bond donors (Lipinski definition) is 1. The maximum absolute atomic E-state index is 13.2. The number of piperidine rings is 1. The van der Waals surface area contributed by atoms with Gasteiger partial charge in [-0.15, -0.1) is 0 Å². The van der Waals surface area contributed by atoms with E-state index in [0.717, 1.165) is 49.8 Å². The van der Waals surface area contributed by atoms with Crippen LogP contribution in [0.25, 0.3) is 0 Å². The minimum Gasteiger partial charge on any atom is -0.497 e. The fraction of sp³-hybridized carbons (Fsp3) is 0.640. The number of benzene rings is 1. The van der Waals surface area contributed by atoms with Crippen molar-refractivity contribution in [1.29, 1.82) is 0 Å². The molecule has 32 heavy (non-hydrogen) atoms. The quantitative estimate of drug-likeness (QED) is 0.591. The number of rotatable bonds is 9. The largest absolute Gasteiger partial charge is 0.497 e. The van der Waals surface area contributed by atoms with Gasteiger partial charge in [0.25, 0.3) is 0 Å². The lowest BCUT2D eigenvalue weighted by molar-refractivity contribution is -0.146. The van der Waals surface area contributed by atoms with Crippen molar-refractivity contribution in [2.24, 2.45) is 5.92 Å². The van der Waals surface area contributed by atoms with Crippen LogP contribution in [0.4, 0.5) is 0 Å². The van der Waals surface area contributed by atoms with Crippen molar-refractivity contribution in [2.75, 3.05) is 26.8 Å². The molecule has 2 aliphatic rings. The minimum absolute atomic E-state index is 0.0434. The molecule has 0 bridgehead atoms. The lowest BCUT2D eigenvalue weighted by Crippen LogP contribution is -2.55. The summed E-state index contributed by atoms with van der Waals surface area (Å²) in [6.45, 7) is 3.15. The number of likely N-dealkylation sites (tertiary alicyclic amines) is 1. The Morgan fingerprint density at radius 1 is 1.16 bits per heavy atom. The summed E-state index contributed by atoms with van der Waals surface area (Å²) in [6.07, 6.45) is 6.60. The van der Waals surface area contributed by atoms with Gasteiger partial charge in [0.1, 0.15) is 5.75 Å². The molecule has 1 atom stereocenters. The van der Waals surface area contributed by atoms with Crippen molar-refractivity contribution in [3.8, 4) is 5.75 Å². The highest BCUT2D eigenvalue weighted by molar-refractivity contribution is 5.85. The molecule has 2 amide bonds. The standard InChI is InChI=1S/C25H36N2O5/c1-3-32-23(29)17-25(14-5-4-6-15-25)26-24(30)20-9-12-22(28)27(18-20)16-13-19-7-10-21(31-2)11-8-19/h7-8,10-11,20H,3-6,9,12-18H2,1-2H3,(H,26,30)/t20-/m0/s1. The molecular weight excluding hydrogens is 408 g/mol. The summed E-state index contributed by atoms with van der Waals surface area (Å²) >= 11 is 0. The van der Waals surface area contributed by atoms with Gasteiger partial charge in [0.05, 0.1) is 31.6 Å². The summed E-state index contributed by atoms with van der Waals surface area (Å²) in [4.78, 5) is 39.7. The molecule has 1 aliphatic carbocycles. The van der Waals surface area contributed by atoms with Crippen molar-refractivity contribution in [3.05, 3.63) is 29.8 Å². The second-order valence-electron chi connectivity index (χ2n) is 8.99. The van der Waals surface area contributed by atoms with E-state index in [1.165, 1.54) is 0 Å². The number of amides is 2. The minimum atomic E-state index is -0.517. The van der Waals surface area contributed by atoms with Crippen LogP contribution in [0.3, 0.4) is 0 Å². The van der Waals surface area contributed by atoms with E-state index < -0.39 is 5.54 Å². The first-order valence-electron chi connectivity index (χ1n) is 11.8. The third-order valence-electron chi connectivity index (χ3n) is 6.69. The molecule has 1 aromatic rings. The highest BCUT2D eigenvalue weighted by Crippen LogP contribution is 2.32. The fourth-order valence-corrected chi connectivity index (χ4v) is 4.83. The van der Waals surface area contributed by atoms with Crippen LogP contribution in [0, 0.1) is 5.92 Å². The van der Waals surface area contributed by atoms with Gasteiger partial charge in [0.15, 0.2) is 0 Å². The first kappa shape index (κ1) is 24.1. The van der Waals surface area contributed by atoms with Crippen LogP contribution in [0.1, 0.15) is 63.9 Å². The van der Waals surface area contributed by atoms with Crippen molar-refractivity contribution in [1.82, 2.24) is 10.2 Å². The van der Waals surface area contributed by atoms with Crippen LogP contribution >= 0.6 is 0 Å². The third kappa shape index (κ3) is 6.47. The lowest BCUT2D eigenvalue weighted by atomic mass is 9.78. The van der Waals surface area contributed by atoms with Crippen LogP contribution < -0.4 is 10.1 Å². The van der Waals surface area contributed by atoms with Gasteiger partial charge in [-0.05, 0) is 50.3 Å². The Kier molecular flexibility index (Phi) is 8.53. The number of nitrogens with zero attached hydrogens (tertiary/aromatic N) is 1. The van der Waals surface area contributed by atoms with Gasteiger partial charge in [0.2, 0.25) is 11.8 Å². The van der Waals surface area contributed by atoms with E-state index in [1.807, 2.05) is 24.3 Å². The lowest BCUT2D eigenvalue weighted by Gasteiger charge is -2.40. The molecule has 1 heterocycles. The van der Waals surface area contributed by atoms with Crippen LogP contribution in [0.5, 0.6) is 5.75 Å². The SMILES string of the molecule is CCOC(=O)CC1(NC(=O)[C@H]2CCC(=O)N(CCc3ccc(OC)cc3)C2)CCCCC1. The van der Waals surface area contributed by atoms with Crippen molar-refractivity contribution < 1.29 is 23.9 Å². The number of carbonyl (C=O) groups is 3. The van der Waals surface area contributed by atoms with Crippen molar-refractivity contribution in [2.45, 2.75) is 70.3 Å². The van der Waals surface area contributed by atoms with Crippen molar-refractivity contribution >= 4 is 17.8 Å². The van der Waals surface area contributed by atoms with Gasteiger partial charge in [-0.2, -0.15) is 0 Å². The first-order valence-corrected chi connectivity index (χ1v) is 11.8. The fourth-order valence-electron chi connectivity index (χ4n) is 4.83. The Bertz CT molecular complexity index is 786. The van der Waals surface area contributed by atoms with E-state index in [4.69, 9.17) is 9.47 Å². The molecule has 7 heteroatoms. The van der Waals surface area contributed by atoms with E-state index in [9.17, 15) is 14.4 Å². The Morgan fingerprint density at radius 2 is 1.88 bits per heavy atom. The molecule has 3 rings (SSSR count). The number of methoxy groups -OCH3 is 1. The van der Waals surface area contributed by atoms with Gasteiger partial charge < -0.3 is 19.7 Å². The number of hydrogen-bond acceptors (Lipinski definition) is 5. The normalized spacial score (nSPS) is 20.5. The zero-order chi connectivity index (χ0) is 23.0. The molecule has 0 radical (unpaired) electrons. The van der Waals surface area contributed by atoms with Crippen LogP contribution in [-0.2, 0) is 25.5 Å². The number of nitrogens with one attached hydrogen (secondary N) is 1. The Morgan fingerprint density at radius 3 is 2.53 bits per heavy atom. The van der Waals surface area contributed by atoms with Gasteiger partial charge in [-0.3, -0.25) is 14.4 Å². The highest BCUT2D eigenvalue weighted by Gasteiger charge is 2.39. The average Bonchev–Trinajstić information content (AvgIpc) is 2.79. The molecular formula is C25H36N2O5. The molecule has 2 fully saturated rings. The number of esters is 1. The second kappa shape index (κ2) is 11.3. The molecule has 1 saturated carbocycles. The maximum atomic E-state index is 13.2. The summed E-state index contributed by atoms with van der Waals surface area (Å²) in [7, 11) is 1.64. The van der Waals surface area contributed by atoms with Crippen LogP contribution in [0.2, 0.25) is 0 Å². The van der Waals surface area contributed by atoms with Gasteiger partial charge in [0, 0.05) is 19.5 Å². The molecule has 0 unspecified atom stereocenters. The molecule has 1 N–H and O–H groups in total. The molecule has 1 saturated heterocycles. The van der Waals surface area contributed by atoms with E-state index in [2.05, 4.69) is 5.32 Å². The third-order valence-corrected chi connectivity index (χ3v) is 6.69. The molecule has 1 aromatic carbocycles. The maximum Gasteiger partial charge on any atom is 0.308 e. The van der Waals surface area contributed by atoms with Crippen LogP contribution in [0.15, 0.2) is 24.3 Å². The Balaban J connectivity index is 1.58. The summed E-state index contributed by atoms with van der Waals surface area (Å²) in [5.41, 5.74) is 0.609. The Hall–Kier alpha value is -2.57. The molecule has 1 aliphatic heterocycles. The Labute approximate surface area is 190 Å². The van der Waals surface area contributed by atoms with E-state index >= 15 is 0 Å². The van der Waals surface area contributed by atoms with Gasteiger partial charge >= 0.3 is 5.97 Å². The zero-order valence-corrected chi connectivity index (χ0v) is 19.4. The summed E-state index contributed by atoms with van der Waals surface area (Å²) in [6, 6.07) is 7.83. The summed E-state index contributed by atoms with van der Waals surface area (Å²) in [5, 5.41) is 3.22. The van der Waals surface area contributed by atoms with Gasteiger partial charge in [-0.1, -0.05) is 31.4 Å². The molecule has 0 spiro atoms. The predicted molar refractivity (Wildman–Crippen MR) is 121 cm³/mol. The van der Waals surface area contributed by atoms with Crippen molar-refractivity contribution in [3.63, 3.8) is 0 Å². The molecule has 176 valence electrons. The average molecular weight is 445 g/mol. The smallest absolute Gasteiger partial charge is 0.308 e. The molecule has 0 aromatic heterocycles. The zero-order valence-electron chi connectivity index (χ0n) is 19.4. The van der Waals surface area contributed by atoms with E-state index in [0.29, 0.717) is 32.5 Å². The van der Waals surface area contributed by atoms with Crippen LogP contribution in [-0.4, -0.2) is 55.0 Å². The monoisotopic (exact) mass is 444 g/mol. The predicted octanol–water partition coefficient (Wildman–Crippen LogP) is 3.25. The van der Waals surface area contributed by atoms with E-state index in [-0.39, 0.29) is 30.1 Å². The highest BCUT2D eigenvalue weighted by atomic mass is 16.5. The van der Waals surface area contributed by atoms with Gasteiger partial charge in [-0.25, -0.2) is 0 Å². The molecule has 7 nitrogen and oxygen atoms in total. The topological polar surface area (TPSA) is 84.9 Å². The summed E-state index contributed by atoms with van der Waals surface area (Å²) in [5.74, 6) is 0.359. The van der Waals surface area contributed by atoms with E-state index in [1.54, 1.807) is 18.9 Å². The number of ether oxygens (including phenoxy) is 2. The second-order valence-corrected chi connectivity index (χ2v) is 8.99. The first-order chi connectivity index (χ1) is 15.4. The number of carbonyl (C=O) groups excluding carboxylic acids is 3. The summed E-state index contributed by atoms with van der Waals surface area (Å²) < 4.78 is 10.4.